The van der Waals surface area contributed by atoms with E-state index in [9.17, 15) is 4.79 Å². The van der Waals surface area contributed by atoms with Gasteiger partial charge in [0.25, 0.3) is 5.91 Å². The van der Waals surface area contributed by atoms with E-state index in [2.05, 4.69) is 20.1 Å². The molecule has 0 spiro atoms. The summed E-state index contributed by atoms with van der Waals surface area (Å²) >= 11 is 0. The number of rotatable bonds is 5. The molecule has 8 nitrogen and oxygen atoms in total. The Morgan fingerprint density at radius 2 is 2.07 bits per heavy atom. The molecular weight excluding hydrogens is 368 g/mol. The predicted molar refractivity (Wildman–Crippen MR) is 107 cm³/mol. The van der Waals surface area contributed by atoms with Gasteiger partial charge < -0.3 is 9.64 Å². The number of likely N-dealkylation sites (tertiary alicyclic amines) is 1. The number of aryl methyl sites for hydroxylation is 2. The second-order valence-corrected chi connectivity index (χ2v) is 7.08. The molecule has 1 atom stereocenters. The highest BCUT2D eigenvalue weighted by atomic mass is 16.5. The summed E-state index contributed by atoms with van der Waals surface area (Å²) in [7, 11) is 0. The van der Waals surface area contributed by atoms with E-state index in [1.54, 1.807) is 29.3 Å². The number of hydrogen-bond donors (Lipinski definition) is 0. The molecule has 3 aromatic heterocycles. The fraction of sp³-hybridized carbons (Fsp3) is 0.381. The van der Waals surface area contributed by atoms with Crippen molar-refractivity contribution in [1.82, 2.24) is 29.6 Å². The van der Waals surface area contributed by atoms with Crippen LogP contribution in [-0.4, -0.2) is 48.6 Å². The van der Waals surface area contributed by atoms with Crippen molar-refractivity contribution < 1.29 is 9.53 Å². The summed E-state index contributed by atoms with van der Waals surface area (Å²) in [6, 6.07) is 5.47. The van der Waals surface area contributed by atoms with Crippen molar-refractivity contribution in [2.45, 2.75) is 39.2 Å². The van der Waals surface area contributed by atoms with E-state index in [-0.39, 0.29) is 11.8 Å². The summed E-state index contributed by atoms with van der Waals surface area (Å²) in [5, 5.41) is 4.35. The van der Waals surface area contributed by atoms with Crippen LogP contribution >= 0.6 is 0 Å². The number of ether oxygens (including phenoxy) is 1. The molecule has 0 aliphatic carbocycles. The molecule has 0 bridgehead atoms. The lowest BCUT2D eigenvalue weighted by atomic mass is 9.94. The first kappa shape index (κ1) is 19.0. The van der Waals surface area contributed by atoms with Gasteiger partial charge in [-0.2, -0.15) is 5.10 Å². The monoisotopic (exact) mass is 392 g/mol. The van der Waals surface area contributed by atoms with E-state index in [0.29, 0.717) is 30.4 Å². The number of pyridine rings is 1. The summed E-state index contributed by atoms with van der Waals surface area (Å²) in [4.78, 5) is 28.0. The van der Waals surface area contributed by atoms with Crippen LogP contribution in [0, 0.1) is 6.92 Å². The number of amides is 1. The lowest BCUT2D eigenvalue weighted by Gasteiger charge is -2.32. The van der Waals surface area contributed by atoms with Crippen LogP contribution in [0.3, 0.4) is 0 Å². The Morgan fingerprint density at radius 1 is 1.21 bits per heavy atom. The maximum atomic E-state index is 12.9. The van der Waals surface area contributed by atoms with Crippen molar-refractivity contribution in [3.8, 4) is 11.6 Å². The van der Waals surface area contributed by atoms with Crippen molar-refractivity contribution in [1.29, 1.82) is 0 Å². The lowest BCUT2D eigenvalue weighted by molar-refractivity contribution is 0.0698. The molecule has 29 heavy (non-hydrogen) atoms. The Morgan fingerprint density at radius 3 is 2.86 bits per heavy atom. The second kappa shape index (κ2) is 8.38. The fourth-order valence-electron chi connectivity index (χ4n) is 3.57. The minimum atomic E-state index is -0.0450. The van der Waals surface area contributed by atoms with E-state index in [1.165, 1.54) is 0 Å². The van der Waals surface area contributed by atoms with Gasteiger partial charge in [-0.05, 0) is 44.9 Å². The van der Waals surface area contributed by atoms with Gasteiger partial charge in [-0.15, -0.1) is 0 Å². The quantitative estimate of drug-likeness (QED) is 0.663. The molecule has 3 aromatic rings. The summed E-state index contributed by atoms with van der Waals surface area (Å²) in [6.07, 6.45) is 8.67. The van der Waals surface area contributed by atoms with Gasteiger partial charge in [0.05, 0.1) is 5.69 Å². The lowest BCUT2D eigenvalue weighted by Crippen LogP contribution is -2.39. The van der Waals surface area contributed by atoms with E-state index in [0.717, 1.165) is 30.8 Å². The zero-order valence-electron chi connectivity index (χ0n) is 16.7. The minimum absolute atomic E-state index is 0.0450. The Kier molecular flexibility index (Phi) is 5.50. The van der Waals surface area contributed by atoms with Gasteiger partial charge in [0.1, 0.15) is 11.4 Å². The molecule has 0 aromatic carbocycles. The third-order valence-corrected chi connectivity index (χ3v) is 5.14. The molecule has 0 N–H and O–H groups in total. The normalized spacial score (nSPS) is 16.6. The van der Waals surface area contributed by atoms with Crippen LogP contribution in [-0.2, 0) is 6.54 Å². The predicted octanol–water partition coefficient (Wildman–Crippen LogP) is 3.21. The minimum Gasteiger partial charge on any atom is -0.435 e. The van der Waals surface area contributed by atoms with E-state index in [1.807, 2.05) is 37.1 Å². The molecule has 1 unspecified atom stereocenters. The Labute approximate surface area is 169 Å². The number of nitrogens with zero attached hydrogens (tertiary/aromatic N) is 6. The Balaban J connectivity index is 1.54. The average molecular weight is 392 g/mol. The first-order valence-electron chi connectivity index (χ1n) is 9.88. The van der Waals surface area contributed by atoms with Crippen LogP contribution in [0.25, 0.3) is 0 Å². The largest absolute Gasteiger partial charge is 0.435 e. The van der Waals surface area contributed by atoms with Crippen LogP contribution in [0.5, 0.6) is 11.6 Å². The summed E-state index contributed by atoms with van der Waals surface area (Å²) < 4.78 is 7.80. The highest BCUT2D eigenvalue weighted by molar-refractivity contribution is 5.92. The first-order chi connectivity index (χ1) is 14.2. The van der Waals surface area contributed by atoms with Crippen molar-refractivity contribution in [3.05, 3.63) is 60.1 Å². The van der Waals surface area contributed by atoms with E-state index < -0.39 is 0 Å². The molecule has 4 heterocycles. The molecular formula is C21H24N6O2. The Bertz CT molecular complexity index is 1000. The van der Waals surface area contributed by atoms with Crippen LogP contribution in [0.4, 0.5) is 0 Å². The van der Waals surface area contributed by atoms with Crippen molar-refractivity contribution >= 4 is 5.91 Å². The summed E-state index contributed by atoms with van der Waals surface area (Å²) in [5.74, 6) is 1.14. The SMILES string of the molecule is CCn1ccc(C(=O)N2CCCC(c3nccnc3Oc3cccnc3C)C2)n1. The van der Waals surface area contributed by atoms with Crippen molar-refractivity contribution in [2.75, 3.05) is 13.1 Å². The average Bonchev–Trinajstić information content (AvgIpc) is 3.25. The van der Waals surface area contributed by atoms with Gasteiger partial charge in [0.2, 0.25) is 5.88 Å². The standard InChI is InChI=1S/C21H24N6O2/c1-3-27-13-8-17(25-27)21(28)26-12-5-6-16(14-26)19-20(24-11-10-23-19)29-18-7-4-9-22-15(18)2/h4,7-11,13,16H,3,5-6,12,14H2,1-2H3. The molecule has 0 radical (unpaired) electrons. The molecule has 150 valence electrons. The number of aromatic nitrogens is 5. The number of carbonyl (C=O) groups is 1. The molecule has 8 heteroatoms. The highest BCUT2D eigenvalue weighted by Crippen LogP contribution is 2.33. The molecule has 1 aliphatic rings. The molecule has 0 saturated carbocycles. The Hall–Kier alpha value is -3.29. The maximum absolute atomic E-state index is 12.9. The smallest absolute Gasteiger partial charge is 0.274 e. The zero-order chi connectivity index (χ0) is 20.2. The van der Waals surface area contributed by atoms with Crippen LogP contribution < -0.4 is 4.74 Å². The number of carbonyl (C=O) groups excluding carboxylic acids is 1. The summed E-state index contributed by atoms with van der Waals surface area (Å²) in [5.41, 5.74) is 2.04. The molecule has 1 fully saturated rings. The number of piperidine rings is 1. The number of hydrogen-bond acceptors (Lipinski definition) is 6. The molecule has 1 aliphatic heterocycles. The third kappa shape index (κ3) is 4.11. The van der Waals surface area contributed by atoms with Gasteiger partial charge in [-0.25, -0.2) is 4.98 Å². The maximum Gasteiger partial charge on any atom is 0.274 e. The molecule has 1 amide bonds. The van der Waals surface area contributed by atoms with Crippen LogP contribution in [0.2, 0.25) is 0 Å². The third-order valence-electron chi connectivity index (χ3n) is 5.14. The van der Waals surface area contributed by atoms with Gasteiger partial charge in [-0.3, -0.25) is 19.4 Å². The summed E-state index contributed by atoms with van der Waals surface area (Å²) in [6.45, 7) is 5.91. The second-order valence-electron chi connectivity index (χ2n) is 7.08. The van der Waals surface area contributed by atoms with E-state index >= 15 is 0 Å². The topological polar surface area (TPSA) is 86.0 Å². The first-order valence-corrected chi connectivity index (χ1v) is 9.88. The van der Waals surface area contributed by atoms with E-state index in [4.69, 9.17) is 4.74 Å². The van der Waals surface area contributed by atoms with Crippen molar-refractivity contribution in [3.63, 3.8) is 0 Å². The van der Waals surface area contributed by atoms with Gasteiger partial charge in [-0.1, -0.05) is 0 Å². The highest BCUT2D eigenvalue weighted by Gasteiger charge is 2.29. The van der Waals surface area contributed by atoms with Crippen LogP contribution in [0.1, 0.15) is 47.6 Å². The molecule has 1 saturated heterocycles. The van der Waals surface area contributed by atoms with Gasteiger partial charge in [0, 0.05) is 50.3 Å². The van der Waals surface area contributed by atoms with Gasteiger partial charge >= 0.3 is 0 Å². The van der Waals surface area contributed by atoms with Crippen LogP contribution in [0.15, 0.2) is 43.0 Å². The fourth-order valence-corrected chi connectivity index (χ4v) is 3.57. The zero-order valence-corrected chi connectivity index (χ0v) is 16.7. The van der Waals surface area contributed by atoms with Crippen molar-refractivity contribution in [2.24, 2.45) is 0 Å². The van der Waals surface area contributed by atoms with Gasteiger partial charge in [0.15, 0.2) is 5.75 Å². The molecule has 4 rings (SSSR count).